The summed E-state index contributed by atoms with van der Waals surface area (Å²) in [7, 11) is 0. The Hall–Kier alpha value is -3.16. The summed E-state index contributed by atoms with van der Waals surface area (Å²) in [6, 6.07) is 14.5. The van der Waals surface area contributed by atoms with E-state index in [1.54, 1.807) is 17.0 Å². The lowest BCUT2D eigenvalue weighted by Gasteiger charge is -2.39. The van der Waals surface area contributed by atoms with Crippen LogP contribution in [0.25, 0.3) is 0 Å². The van der Waals surface area contributed by atoms with Gasteiger partial charge in [0.15, 0.2) is 0 Å². The second-order valence-corrected chi connectivity index (χ2v) is 13.6. The molecule has 6 rings (SSSR count). The predicted octanol–water partition coefficient (Wildman–Crippen LogP) is 5.70. The van der Waals surface area contributed by atoms with Crippen molar-refractivity contribution in [2.45, 2.75) is 89.6 Å². The molecular formula is C35H42ClN3O4. The SMILES string of the molecule is Cc1ccc(NC(=O)[C@@H]2[C@@H]3C=C[C@]4(O3)[C@@H]2C(=O)N([C@@H](C)CCc2ccccc2)[C@H]4C(=O)N[C@@H]2CCC[C@H](C)[C@@H]2C)cc1Cl. The molecule has 2 aromatic carbocycles. The van der Waals surface area contributed by atoms with Gasteiger partial charge in [-0.3, -0.25) is 14.4 Å². The number of likely N-dealkylation sites (tertiary alicyclic amines) is 1. The van der Waals surface area contributed by atoms with Crippen molar-refractivity contribution in [1.82, 2.24) is 10.2 Å². The highest BCUT2D eigenvalue weighted by atomic mass is 35.5. The van der Waals surface area contributed by atoms with Crippen molar-refractivity contribution in [3.05, 3.63) is 76.8 Å². The minimum Gasteiger partial charge on any atom is -0.359 e. The van der Waals surface area contributed by atoms with E-state index in [1.807, 2.05) is 50.3 Å². The van der Waals surface area contributed by atoms with Crippen molar-refractivity contribution in [2.24, 2.45) is 23.7 Å². The Morgan fingerprint density at radius 1 is 1.12 bits per heavy atom. The van der Waals surface area contributed by atoms with E-state index in [9.17, 15) is 14.4 Å². The molecule has 3 fully saturated rings. The number of nitrogens with zero attached hydrogens (tertiary/aromatic N) is 1. The molecule has 2 N–H and O–H groups in total. The fourth-order valence-corrected chi connectivity index (χ4v) is 7.96. The Labute approximate surface area is 259 Å². The number of aryl methyl sites for hydroxylation is 2. The maximum atomic E-state index is 14.4. The summed E-state index contributed by atoms with van der Waals surface area (Å²) in [5.74, 6) is -1.39. The second-order valence-electron chi connectivity index (χ2n) is 13.2. The van der Waals surface area contributed by atoms with Gasteiger partial charge in [-0.2, -0.15) is 0 Å². The number of halogens is 1. The summed E-state index contributed by atoms with van der Waals surface area (Å²) in [5.41, 5.74) is 1.46. The smallest absolute Gasteiger partial charge is 0.246 e. The molecule has 3 amide bonds. The molecule has 4 aliphatic rings. The van der Waals surface area contributed by atoms with Crippen LogP contribution in [0.4, 0.5) is 5.69 Å². The second kappa shape index (κ2) is 11.7. The number of rotatable bonds is 8. The zero-order valence-corrected chi connectivity index (χ0v) is 26.1. The molecule has 3 aliphatic heterocycles. The number of hydrogen-bond donors (Lipinski definition) is 2. The van der Waals surface area contributed by atoms with E-state index in [1.165, 1.54) is 5.56 Å². The average Bonchev–Trinajstić information content (AvgIpc) is 3.64. The zero-order valence-electron chi connectivity index (χ0n) is 25.4. The molecule has 1 saturated carbocycles. The third-order valence-electron chi connectivity index (χ3n) is 10.5. The van der Waals surface area contributed by atoms with Gasteiger partial charge in [0.25, 0.3) is 0 Å². The molecule has 2 bridgehead atoms. The molecule has 228 valence electrons. The predicted molar refractivity (Wildman–Crippen MR) is 168 cm³/mol. The molecule has 2 saturated heterocycles. The molecule has 7 nitrogen and oxygen atoms in total. The number of carbonyl (C=O) groups excluding carboxylic acids is 3. The molecule has 0 unspecified atom stereocenters. The fraction of sp³-hybridized carbons (Fsp3) is 0.514. The largest absolute Gasteiger partial charge is 0.359 e. The summed E-state index contributed by atoms with van der Waals surface area (Å²) in [4.78, 5) is 44.3. The van der Waals surface area contributed by atoms with Gasteiger partial charge in [-0.05, 0) is 68.2 Å². The molecule has 0 radical (unpaired) electrons. The van der Waals surface area contributed by atoms with Crippen LogP contribution in [-0.4, -0.2) is 52.5 Å². The summed E-state index contributed by atoms with van der Waals surface area (Å²) in [6.07, 6.45) is 7.75. The van der Waals surface area contributed by atoms with Crippen molar-refractivity contribution >= 4 is 35.0 Å². The maximum absolute atomic E-state index is 14.4. The molecule has 9 atom stereocenters. The van der Waals surface area contributed by atoms with Crippen LogP contribution in [-0.2, 0) is 25.5 Å². The van der Waals surface area contributed by atoms with E-state index in [2.05, 4.69) is 36.6 Å². The first-order chi connectivity index (χ1) is 20.6. The molecule has 2 aromatic rings. The van der Waals surface area contributed by atoms with Crippen LogP contribution in [0.3, 0.4) is 0 Å². The van der Waals surface area contributed by atoms with E-state index in [-0.39, 0.29) is 29.8 Å². The Morgan fingerprint density at radius 2 is 1.88 bits per heavy atom. The van der Waals surface area contributed by atoms with Crippen molar-refractivity contribution in [2.75, 3.05) is 5.32 Å². The number of carbonyl (C=O) groups is 3. The Balaban J connectivity index is 1.30. The third-order valence-corrected chi connectivity index (χ3v) is 10.9. The molecule has 43 heavy (non-hydrogen) atoms. The van der Waals surface area contributed by atoms with E-state index in [0.29, 0.717) is 29.0 Å². The first-order valence-corrected chi connectivity index (χ1v) is 16.1. The number of nitrogens with one attached hydrogen (secondary N) is 2. The highest BCUT2D eigenvalue weighted by Gasteiger charge is 2.73. The molecule has 8 heteroatoms. The Morgan fingerprint density at radius 3 is 2.63 bits per heavy atom. The van der Waals surface area contributed by atoms with Crippen LogP contribution >= 0.6 is 11.6 Å². The molecule has 1 aliphatic carbocycles. The minimum absolute atomic E-state index is 0.0382. The number of fused-ring (bicyclic) bond motifs is 1. The van der Waals surface area contributed by atoms with Crippen molar-refractivity contribution in [3.63, 3.8) is 0 Å². The van der Waals surface area contributed by atoms with Crippen LogP contribution in [0, 0.1) is 30.6 Å². The third kappa shape index (κ3) is 5.29. The lowest BCUT2D eigenvalue weighted by atomic mass is 9.73. The standard InChI is InChI=1S/C35H42ClN3O4/c1-20-9-8-12-27(23(20)4)38-33(41)31-35-18-17-28(43-35)29(32(40)37-25-16-13-21(2)26(36)19-25)30(35)34(42)39(31)22(3)14-15-24-10-6-5-7-11-24/h5-7,10-11,13,16-20,22-23,27-31H,8-9,12,14-15H2,1-4H3,(H,37,40)(H,38,41)/t20-,22-,23-,27+,28-,29+,30-,31-,35-/m0/s1. The topological polar surface area (TPSA) is 87.7 Å². The van der Waals surface area contributed by atoms with Gasteiger partial charge in [0.1, 0.15) is 11.6 Å². The average molecular weight is 604 g/mol. The molecular weight excluding hydrogens is 562 g/mol. The van der Waals surface area contributed by atoms with Gasteiger partial charge in [-0.1, -0.05) is 86.8 Å². The molecule has 1 spiro atoms. The van der Waals surface area contributed by atoms with Crippen LogP contribution < -0.4 is 10.6 Å². The first kappa shape index (κ1) is 29.9. The van der Waals surface area contributed by atoms with Crippen molar-refractivity contribution in [1.29, 1.82) is 0 Å². The van der Waals surface area contributed by atoms with Gasteiger partial charge in [0.2, 0.25) is 17.7 Å². The van der Waals surface area contributed by atoms with Crippen molar-refractivity contribution in [3.8, 4) is 0 Å². The minimum atomic E-state index is -1.19. The van der Waals surface area contributed by atoms with Crippen LogP contribution in [0.5, 0.6) is 0 Å². The summed E-state index contributed by atoms with van der Waals surface area (Å²) in [5, 5.41) is 6.87. The molecule has 3 heterocycles. The maximum Gasteiger partial charge on any atom is 0.246 e. The number of benzene rings is 2. The monoisotopic (exact) mass is 603 g/mol. The van der Waals surface area contributed by atoms with Gasteiger partial charge < -0.3 is 20.3 Å². The number of ether oxygens (including phenoxy) is 1. The Bertz CT molecular complexity index is 1430. The fourth-order valence-electron chi connectivity index (χ4n) is 7.78. The van der Waals surface area contributed by atoms with Gasteiger partial charge >= 0.3 is 0 Å². The van der Waals surface area contributed by atoms with Crippen LogP contribution in [0.1, 0.15) is 57.6 Å². The Kier molecular flexibility index (Phi) is 8.16. The highest BCUT2D eigenvalue weighted by Crippen LogP contribution is 2.56. The lowest BCUT2D eigenvalue weighted by Crippen LogP contribution is -2.59. The normalized spacial score (nSPS) is 33.4. The van der Waals surface area contributed by atoms with Crippen LogP contribution in [0.2, 0.25) is 5.02 Å². The van der Waals surface area contributed by atoms with Gasteiger partial charge in [0.05, 0.1) is 17.9 Å². The summed E-state index contributed by atoms with van der Waals surface area (Å²) < 4.78 is 6.56. The number of amides is 3. The van der Waals surface area contributed by atoms with Gasteiger partial charge in [-0.15, -0.1) is 0 Å². The van der Waals surface area contributed by atoms with E-state index < -0.39 is 29.6 Å². The first-order valence-electron chi connectivity index (χ1n) is 15.7. The summed E-state index contributed by atoms with van der Waals surface area (Å²) in [6.45, 7) is 8.34. The van der Waals surface area contributed by atoms with Crippen LogP contribution in [0.15, 0.2) is 60.7 Å². The highest BCUT2D eigenvalue weighted by molar-refractivity contribution is 6.31. The summed E-state index contributed by atoms with van der Waals surface area (Å²) >= 11 is 6.32. The zero-order chi connectivity index (χ0) is 30.5. The van der Waals surface area contributed by atoms with E-state index in [4.69, 9.17) is 16.3 Å². The number of anilines is 1. The molecule has 0 aromatic heterocycles. The van der Waals surface area contributed by atoms with Crippen molar-refractivity contribution < 1.29 is 19.1 Å². The van der Waals surface area contributed by atoms with E-state index in [0.717, 1.165) is 31.2 Å². The quantitative estimate of drug-likeness (QED) is 0.379. The number of hydrogen-bond acceptors (Lipinski definition) is 4. The van der Waals surface area contributed by atoms with E-state index >= 15 is 0 Å². The lowest BCUT2D eigenvalue weighted by molar-refractivity contribution is -0.144. The van der Waals surface area contributed by atoms with Gasteiger partial charge in [-0.25, -0.2) is 0 Å². The van der Waals surface area contributed by atoms with Gasteiger partial charge in [0, 0.05) is 22.8 Å².